The van der Waals surface area contributed by atoms with E-state index in [-0.39, 0.29) is 37.5 Å². The lowest BCUT2D eigenvalue weighted by Crippen LogP contribution is -2.56. The van der Waals surface area contributed by atoms with E-state index in [4.69, 9.17) is 24.2 Å². The topological polar surface area (TPSA) is 181 Å². The molecule has 4 aliphatic rings. The Kier molecular flexibility index (Phi) is 11.5. The third-order valence-electron chi connectivity index (χ3n) is 10.9. The Morgan fingerprint density at radius 3 is 2.60 bits per heavy atom. The average Bonchev–Trinajstić information content (AvgIpc) is 3.58. The van der Waals surface area contributed by atoms with Gasteiger partial charge >= 0.3 is 12.1 Å². The molecule has 4 heterocycles. The number of aromatic nitrogens is 2. The summed E-state index contributed by atoms with van der Waals surface area (Å²) in [5.41, 5.74) is 0.394. The van der Waals surface area contributed by atoms with Crippen LogP contribution in [0, 0.1) is 5.92 Å². The molecular formula is C40H50N6O8S. The van der Waals surface area contributed by atoms with Crippen molar-refractivity contribution in [3.63, 3.8) is 0 Å². The van der Waals surface area contributed by atoms with E-state index in [1.807, 2.05) is 55.6 Å². The number of amides is 3. The number of hydrogen-bond donors (Lipinski definition) is 4. The maximum absolute atomic E-state index is 14.5. The van der Waals surface area contributed by atoms with Crippen LogP contribution in [-0.2, 0) is 19.1 Å². The number of hydrogen-bond acceptors (Lipinski definition) is 11. The second-order valence-electron chi connectivity index (χ2n) is 15.4. The Morgan fingerprint density at radius 1 is 1.04 bits per heavy atom. The molecule has 0 radical (unpaired) electrons. The van der Waals surface area contributed by atoms with Crippen LogP contribution in [0.4, 0.5) is 9.93 Å². The van der Waals surface area contributed by atoms with Gasteiger partial charge in [-0.25, -0.2) is 19.6 Å². The fourth-order valence-corrected chi connectivity index (χ4v) is 8.75. The Labute approximate surface area is 324 Å². The largest absolute Gasteiger partial charge is 0.497 e. The van der Waals surface area contributed by atoms with Crippen LogP contribution < -0.4 is 25.4 Å². The van der Waals surface area contributed by atoms with Gasteiger partial charge in [-0.3, -0.25) is 9.59 Å². The second-order valence-corrected chi connectivity index (χ2v) is 16.2. The Bertz CT molecular complexity index is 1940. The number of pyridine rings is 1. The predicted octanol–water partition coefficient (Wildman–Crippen LogP) is 6.05. The number of thiazole rings is 1. The molecule has 5 atom stereocenters. The molecule has 2 aliphatic carbocycles. The minimum absolute atomic E-state index is 0.0324. The van der Waals surface area contributed by atoms with Gasteiger partial charge < -0.3 is 40.2 Å². The van der Waals surface area contributed by atoms with Crippen molar-refractivity contribution < 1.29 is 38.5 Å². The van der Waals surface area contributed by atoms with Gasteiger partial charge in [0.25, 0.3) is 0 Å². The lowest BCUT2D eigenvalue weighted by molar-refractivity contribution is -0.145. The first-order chi connectivity index (χ1) is 26.5. The molecule has 1 saturated heterocycles. The number of rotatable bonds is 9. The lowest BCUT2D eigenvalue weighted by Gasteiger charge is -2.29. The summed E-state index contributed by atoms with van der Waals surface area (Å²) in [6.45, 7) is 4.11. The first-order valence-electron chi connectivity index (χ1n) is 19.4. The number of aliphatic carboxylic acids is 1. The van der Waals surface area contributed by atoms with E-state index in [1.165, 1.54) is 16.2 Å². The summed E-state index contributed by atoms with van der Waals surface area (Å²) in [6.07, 6.45) is 9.71. The maximum Gasteiger partial charge on any atom is 0.408 e. The van der Waals surface area contributed by atoms with Crippen LogP contribution in [0.15, 0.2) is 41.8 Å². The van der Waals surface area contributed by atoms with Gasteiger partial charge in [-0.1, -0.05) is 25.0 Å². The third kappa shape index (κ3) is 8.66. The smallest absolute Gasteiger partial charge is 0.408 e. The number of fused-ring (bicyclic) bond motifs is 3. The Hall–Kier alpha value is -4.92. The van der Waals surface area contributed by atoms with E-state index in [0.717, 1.165) is 50.1 Å². The van der Waals surface area contributed by atoms with Crippen molar-refractivity contribution >= 4 is 51.2 Å². The molecule has 1 aromatic carbocycles. The summed E-state index contributed by atoms with van der Waals surface area (Å²) in [6, 6.07) is 5.50. The van der Waals surface area contributed by atoms with Crippen LogP contribution in [-0.4, -0.2) is 93.4 Å². The van der Waals surface area contributed by atoms with Crippen LogP contribution in [0.1, 0.15) is 84.5 Å². The average molecular weight is 775 g/mol. The minimum Gasteiger partial charge on any atom is -0.497 e. The summed E-state index contributed by atoms with van der Waals surface area (Å²) in [4.78, 5) is 65.5. The molecule has 4 N–H and O–H groups in total. The van der Waals surface area contributed by atoms with Gasteiger partial charge in [-0.2, -0.15) is 0 Å². The number of carbonyl (C=O) groups is 4. The maximum atomic E-state index is 14.5. The van der Waals surface area contributed by atoms with Crippen molar-refractivity contribution in [2.24, 2.45) is 5.92 Å². The van der Waals surface area contributed by atoms with E-state index in [0.29, 0.717) is 46.6 Å². The number of carbonyl (C=O) groups excluding carboxylic acids is 3. The number of methoxy groups -OCH3 is 1. The van der Waals surface area contributed by atoms with Crippen molar-refractivity contribution in [3.8, 4) is 22.9 Å². The highest BCUT2D eigenvalue weighted by atomic mass is 32.1. The number of anilines is 1. The van der Waals surface area contributed by atoms with Gasteiger partial charge in [0.2, 0.25) is 11.8 Å². The van der Waals surface area contributed by atoms with Gasteiger partial charge in [0.1, 0.15) is 47.0 Å². The van der Waals surface area contributed by atoms with Crippen molar-refractivity contribution in [1.29, 1.82) is 0 Å². The van der Waals surface area contributed by atoms with E-state index in [2.05, 4.69) is 16.0 Å². The lowest BCUT2D eigenvalue weighted by atomic mass is 10.0. The van der Waals surface area contributed by atoms with Crippen LogP contribution in [0.2, 0.25) is 0 Å². The van der Waals surface area contributed by atoms with Crippen LogP contribution in [0.3, 0.4) is 0 Å². The van der Waals surface area contributed by atoms with Gasteiger partial charge in [-0.15, -0.1) is 11.3 Å². The molecule has 0 spiro atoms. The first kappa shape index (κ1) is 38.4. The molecule has 2 aromatic heterocycles. The van der Waals surface area contributed by atoms with Gasteiger partial charge in [0, 0.05) is 41.3 Å². The summed E-state index contributed by atoms with van der Waals surface area (Å²) in [5.74, 6) is -1.37. The normalized spacial score (nSPS) is 26.1. The summed E-state index contributed by atoms with van der Waals surface area (Å²) < 4.78 is 17.9. The SMILES string of the molecule is COc1ccc2c(OC3CC4C(=O)N[C@]5(C(=O)O)CC5C=CCCCCCC(NC(=O)OC5CCCC5)C(=O)N4C3)cc(-c3csc(NC(C)C)n3)nc2c1. The highest BCUT2D eigenvalue weighted by molar-refractivity contribution is 7.14. The first-order valence-corrected chi connectivity index (χ1v) is 20.3. The fourth-order valence-electron chi connectivity index (χ4n) is 7.90. The van der Waals surface area contributed by atoms with Crippen molar-refractivity contribution in [2.75, 3.05) is 19.0 Å². The van der Waals surface area contributed by atoms with E-state index >= 15 is 0 Å². The van der Waals surface area contributed by atoms with E-state index in [9.17, 15) is 24.3 Å². The molecule has 2 saturated carbocycles. The van der Waals surface area contributed by atoms with Crippen LogP contribution >= 0.6 is 11.3 Å². The summed E-state index contributed by atoms with van der Waals surface area (Å²) >= 11 is 1.47. The molecule has 15 heteroatoms. The molecule has 294 valence electrons. The summed E-state index contributed by atoms with van der Waals surface area (Å²) in [7, 11) is 1.58. The molecular weight excluding hydrogens is 725 g/mol. The van der Waals surface area contributed by atoms with Crippen LogP contribution in [0.5, 0.6) is 11.5 Å². The second kappa shape index (κ2) is 16.4. The zero-order valence-corrected chi connectivity index (χ0v) is 32.4. The quantitative estimate of drug-likeness (QED) is 0.186. The molecule has 0 bridgehead atoms. The van der Waals surface area contributed by atoms with E-state index < -0.39 is 47.6 Å². The molecule has 55 heavy (non-hydrogen) atoms. The number of nitrogens with one attached hydrogen (secondary N) is 3. The van der Waals surface area contributed by atoms with Crippen LogP contribution in [0.25, 0.3) is 22.3 Å². The van der Waals surface area contributed by atoms with Gasteiger partial charge in [0.15, 0.2) is 5.13 Å². The third-order valence-corrected chi connectivity index (χ3v) is 11.7. The minimum atomic E-state index is -1.45. The van der Waals surface area contributed by atoms with Crippen molar-refractivity contribution in [2.45, 2.75) is 120 Å². The van der Waals surface area contributed by atoms with Crippen molar-refractivity contribution in [3.05, 3.63) is 41.8 Å². The predicted molar refractivity (Wildman–Crippen MR) is 207 cm³/mol. The zero-order valence-electron chi connectivity index (χ0n) is 31.5. The molecule has 3 fully saturated rings. The summed E-state index contributed by atoms with van der Waals surface area (Å²) in [5, 5.41) is 22.6. The Balaban J connectivity index is 1.20. The molecule has 14 nitrogen and oxygen atoms in total. The fraction of sp³-hybridized carbons (Fsp3) is 0.550. The molecule has 4 unspecified atom stereocenters. The number of carboxylic acid groups (broad SMARTS) is 1. The Morgan fingerprint density at radius 2 is 1.84 bits per heavy atom. The molecule has 3 amide bonds. The van der Waals surface area contributed by atoms with Crippen molar-refractivity contribution in [1.82, 2.24) is 25.5 Å². The zero-order chi connectivity index (χ0) is 38.7. The monoisotopic (exact) mass is 774 g/mol. The number of allylic oxidation sites excluding steroid dienone is 1. The molecule has 2 aliphatic heterocycles. The number of nitrogens with zero attached hydrogens (tertiary/aromatic N) is 3. The number of carboxylic acids is 1. The number of alkyl carbamates (subject to hydrolysis) is 1. The highest BCUT2D eigenvalue weighted by Gasteiger charge is 2.61. The molecule has 7 rings (SSSR count). The number of ether oxygens (including phenoxy) is 3. The van der Waals surface area contributed by atoms with Gasteiger partial charge in [-0.05, 0) is 77.3 Å². The van der Waals surface area contributed by atoms with Gasteiger partial charge in [0.05, 0.1) is 24.9 Å². The number of benzene rings is 1. The highest BCUT2D eigenvalue weighted by Crippen LogP contribution is 2.45. The standard InChI is InChI=1S/C40H50N6O8S/c1-23(2)41-38-43-32(22-55-38)31-19-34(28-16-15-26(52-3)17-30(28)42-31)53-27-18-33-35(47)45-40(37(49)50)20-24(40)11-7-5-4-6-8-14-29(36(48)46(33)21-27)44-39(51)54-25-12-9-10-13-25/h7,11,15-17,19,22-25,27,29,33H,4-6,8-10,12-14,18,20-21H2,1-3H3,(H,41,43)(H,44,51)(H,45,47)(H,49,50)/t24?,27?,29?,33?,40-/m1/s1. The molecule has 3 aromatic rings. The van der Waals surface area contributed by atoms with E-state index in [1.54, 1.807) is 7.11 Å².